The normalized spacial score (nSPS) is 16.1. The first-order valence-electron chi connectivity index (χ1n) is 8.62. The Balaban J connectivity index is 1.71. The zero-order valence-electron chi connectivity index (χ0n) is 15.6. The van der Waals surface area contributed by atoms with Gasteiger partial charge >= 0.3 is 0 Å². The fourth-order valence-electron chi connectivity index (χ4n) is 2.99. The smallest absolute Gasteiger partial charge is 0.246 e. The lowest BCUT2D eigenvalue weighted by atomic mass is 10.1. The molecular weight excluding hydrogens is 370 g/mol. The Morgan fingerprint density at radius 3 is 2.48 bits per heavy atom. The van der Waals surface area contributed by atoms with Crippen LogP contribution in [0.3, 0.4) is 0 Å². The molecule has 0 aliphatic carbocycles. The van der Waals surface area contributed by atoms with E-state index >= 15 is 0 Å². The maximum atomic E-state index is 13.1. The van der Waals surface area contributed by atoms with Crippen LogP contribution in [-0.2, 0) is 10.0 Å². The number of sulfonamides is 1. The highest BCUT2D eigenvalue weighted by Crippen LogP contribution is 2.32. The molecule has 1 aliphatic rings. The molecule has 0 N–H and O–H groups in total. The Morgan fingerprint density at radius 2 is 1.85 bits per heavy atom. The summed E-state index contributed by atoms with van der Waals surface area (Å²) in [6, 6.07) is 6.46. The van der Waals surface area contributed by atoms with Gasteiger partial charge in [0.1, 0.15) is 28.3 Å². The molecule has 1 saturated heterocycles. The molecule has 0 bridgehead atoms. The summed E-state index contributed by atoms with van der Waals surface area (Å²) < 4.78 is 43.9. The second kappa shape index (κ2) is 8.10. The molecule has 2 aromatic rings. The molecule has 0 unspecified atom stereocenters. The molecule has 9 heteroatoms. The van der Waals surface area contributed by atoms with Gasteiger partial charge < -0.3 is 14.2 Å². The number of hydrogen-bond acceptors (Lipinski definition) is 7. The predicted molar refractivity (Wildman–Crippen MR) is 98.7 cm³/mol. The third-order valence-corrected chi connectivity index (χ3v) is 6.35. The monoisotopic (exact) mass is 393 g/mol. The van der Waals surface area contributed by atoms with Crippen molar-refractivity contribution in [2.45, 2.75) is 30.8 Å². The number of aryl methyl sites for hydroxylation is 1. The standard InChI is InChI=1S/C18H23N3O5S/c1-13-19-9-6-18(20-13)26-14-7-10-21(11-8-14)27(22,23)17-12-15(24-2)4-5-16(17)25-3/h4-6,9,12,14H,7-8,10-11H2,1-3H3. The van der Waals surface area contributed by atoms with Crippen molar-refractivity contribution >= 4 is 10.0 Å². The summed E-state index contributed by atoms with van der Waals surface area (Å²) in [5, 5.41) is 0. The molecule has 1 aromatic carbocycles. The second-order valence-corrected chi connectivity index (χ2v) is 8.09. The zero-order chi connectivity index (χ0) is 19.4. The van der Waals surface area contributed by atoms with Crippen molar-refractivity contribution in [2.24, 2.45) is 0 Å². The Kier molecular flexibility index (Phi) is 5.81. The van der Waals surface area contributed by atoms with Crippen LogP contribution in [0.5, 0.6) is 17.4 Å². The van der Waals surface area contributed by atoms with E-state index in [1.165, 1.54) is 24.6 Å². The van der Waals surface area contributed by atoms with E-state index in [0.29, 0.717) is 49.1 Å². The van der Waals surface area contributed by atoms with Crippen LogP contribution in [0, 0.1) is 6.92 Å². The Labute approximate surface area is 159 Å². The van der Waals surface area contributed by atoms with Crippen LogP contribution in [0.15, 0.2) is 35.4 Å². The summed E-state index contributed by atoms with van der Waals surface area (Å²) >= 11 is 0. The van der Waals surface area contributed by atoms with Crippen LogP contribution in [0.4, 0.5) is 0 Å². The summed E-state index contributed by atoms with van der Waals surface area (Å²) in [6.45, 7) is 2.51. The summed E-state index contributed by atoms with van der Waals surface area (Å²) in [7, 11) is -0.748. The minimum Gasteiger partial charge on any atom is -0.497 e. The van der Waals surface area contributed by atoms with Gasteiger partial charge in [-0.05, 0) is 31.9 Å². The molecule has 0 amide bonds. The maximum Gasteiger partial charge on any atom is 0.246 e. The van der Waals surface area contributed by atoms with E-state index in [9.17, 15) is 8.42 Å². The Morgan fingerprint density at radius 1 is 1.11 bits per heavy atom. The largest absolute Gasteiger partial charge is 0.497 e. The lowest BCUT2D eigenvalue weighted by Crippen LogP contribution is -2.41. The molecule has 1 fully saturated rings. The van der Waals surface area contributed by atoms with Crippen LogP contribution in [0.25, 0.3) is 0 Å². The van der Waals surface area contributed by atoms with Gasteiger partial charge in [0.15, 0.2) is 0 Å². The molecule has 0 saturated carbocycles. The Bertz CT molecular complexity index is 896. The number of rotatable bonds is 6. The van der Waals surface area contributed by atoms with E-state index in [1.54, 1.807) is 31.3 Å². The van der Waals surface area contributed by atoms with Gasteiger partial charge in [-0.2, -0.15) is 9.29 Å². The highest BCUT2D eigenvalue weighted by atomic mass is 32.2. The van der Waals surface area contributed by atoms with Crippen LogP contribution in [0.1, 0.15) is 18.7 Å². The molecule has 3 rings (SSSR count). The van der Waals surface area contributed by atoms with Gasteiger partial charge in [0.2, 0.25) is 15.9 Å². The third-order valence-electron chi connectivity index (χ3n) is 4.43. The SMILES string of the molecule is COc1ccc(OC)c(S(=O)(=O)N2CCC(Oc3ccnc(C)n3)CC2)c1. The predicted octanol–water partition coefficient (Wildman–Crippen LogP) is 2.03. The summed E-state index contributed by atoms with van der Waals surface area (Å²) in [4.78, 5) is 8.38. The molecule has 146 valence electrons. The number of aromatic nitrogens is 2. The number of methoxy groups -OCH3 is 2. The van der Waals surface area contributed by atoms with Crippen molar-refractivity contribution in [1.82, 2.24) is 14.3 Å². The quantitative estimate of drug-likeness (QED) is 0.742. The van der Waals surface area contributed by atoms with E-state index in [1.807, 2.05) is 0 Å². The Hall–Kier alpha value is -2.39. The van der Waals surface area contributed by atoms with Crippen LogP contribution < -0.4 is 14.2 Å². The van der Waals surface area contributed by atoms with Crippen molar-refractivity contribution in [2.75, 3.05) is 27.3 Å². The topological polar surface area (TPSA) is 90.9 Å². The van der Waals surface area contributed by atoms with Gasteiger partial charge in [-0.15, -0.1) is 0 Å². The lowest BCUT2D eigenvalue weighted by Gasteiger charge is -2.31. The van der Waals surface area contributed by atoms with Crippen molar-refractivity contribution in [3.05, 3.63) is 36.3 Å². The minimum absolute atomic E-state index is 0.0852. The van der Waals surface area contributed by atoms with Crippen LogP contribution in [-0.4, -0.2) is 56.1 Å². The van der Waals surface area contributed by atoms with Crippen LogP contribution in [0.2, 0.25) is 0 Å². The molecule has 0 spiro atoms. The first-order chi connectivity index (χ1) is 12.9. The molecule has 0 radical (unpaired) electrons. The number of ether oxygens (including phenoxy) is 3. The summed E-state index contributed by atoms with van der Waals surface area (Å²) in [5.41, 5.74) is 0. The third kappa shape index (κ3) is 4.30. The van der Waals surface area contributed by atoms with E-state index in [0.717, 1.165) is 0 Å². The molecule has 27 heavy (non-hydrogen) atoms. The molecule has 1 aromatic heterocycles. The molecule has 2 heterocycles. The summed E-state index contributed by atoms with van der Waals surface area (Å²) in [6.07, 6.45) is 2.72. The second-order valence-electron chi connectivity index (χ2n) is 6.18. The lowest BCUT2D eigenvalue weighted by molar-refractivity contribution is 0.129. The van der Waals surface area contributed by atoms with Crippen molar-refractivity contribution in [1.29, 1.82) is 0 Å². The zero-order valence-corrected chi connectivity index (χ0v) is 16.4. The van der Waals surface area contributed by atoms with Gasteiger partial charge in [-0.3, -0.25) is 0 Å². The average Bonchev–Trinajstić information content (AvgIpc) is 2.68. The number of hydrogen-bond donors (Lipinski definition) is 0. The molecule has 1 aliphatic heterocycles. The minimum atomic E-state index is -3.69. The fourth-order valence-corrected chi connectivity index (χ4v) is 4.63. The van der Waals surface area contributed by atoms with E-state index in [4.69, 9.17) is 14.2 Å². The first kappa shape index (κ1) is 19.4. The highest BCUT2D eigenvalue weighted by Gasteiger charge is 2.32. The highest BCUT2D eigenvalue weighted by molar-refractivity contribution is 7.89. The van der Waals surface area contributed by atoms with Gasteiger partial charge in [-0.1, -0.05) is 0 Å². The van der Waals surface area contributed by atoms with Crippen molar-refractivity contribution in [3.8, 4) is 17.4 Å². The average molecular weight is 393 g/mol. The first-order valence-corrected chi connectivity index (χ1v) is 10.1. The van der Waals surface area contributed by atoms with E-state index in [2.05, 4.69) is 9.97 Å². The van der Waals surface area contributed by atoms with Crippen molar-refractivity contribution < 1.29 is 22.6 Å². The van der Waals surface area contributed by atoms with Crippen molar-refractivity contribution in [3.63, 3.8) is 0 Å². The van der Waals surface area contributed by atoms with E-state index < -0.39 is 10.0 Å². The number of benzene rings is 1. The molecule has 0 atom stereocenters. The van der Waals surface area contributed by atoms with Gasteiger partial charge in [0.05, 0.1) is 14.2 Å². The maximum absolute atomic E-state index is 13.1. The van der Waals surface area contributed by atoms with Gasteiger partial charge in [0.25, 0.3) is 0 Å². The number of piperidine rings is 1. The molecule has 8 nitrogen and oxygen atoms in total. The summed E-state index contributed by atoms with van der Waals surface area (Å²) in [5.74, 6) is 1.91. The number of nitrogens with zero attached hydrogens (tertiary/aromatic N) is 3. The fraction of sp³-hybridized carbons (Fsp3) is 0.444. The molecular formula is C18H23N3O5S. The van der Waals surface area contributed by atoms with E-state index in [-0.39, 0.29) is 11.0 Å². The van der Waals surface area contributed by atoms with Gasteiger partial charge in [-0.25, -0.2) is 13.4 Å². The van der Waals surface area contributed by atoms with Gasteiger partial charge in [0, 0.05) is 31.4 Å². The van der Waals surface area contributed by atoms with Crippen LogP contribution >= 0.6 is 0 Å².